The van der Waals surface area contributed by atoms with Gasteiger partial charge in [0.1, 0.15) is 5.78 Å². The van der Waals surface area contributed by atoms with Gasteiger partial charge in [-0.3, -0.25) is 4.79 Å². The molecule has 0 saturated carbocycles. The molecule has 0 atom stereocenters. The fourth-order valence-corrected chi connectivity index (χ4v) is 1.93. The number of carbonyl (C=O) groups is 2. The van der Waals surface area contributed by atoms with E-state index in [0.29, 0.717) is 12.3 Å². The van der Waals surface area contributed by atoms with Crippen LogP contribution in [0.5, 0.6) is 0 Å². The molecule has 0 unspecified atom stereocenters. The van der Waals surface area contributed by atoms with E-state index in [1.54, 1.807) is 11.9 Å². The highest BCUT2D eigenvalue weighted by Crippen LogP contribution is 2.25. The normalized spacial score (nSPS) is 10.6. The van der Waals surface area contributed by atoms with Crippen molar-refractivity contribution in [3.8, 4) is 0 Å². The summed E-state index contributed by atoms with van der Waals surface area (Å²) in [5.41, 5.74) is 3.22. The first-order valence-corrected chi connectivity index (χ1v) is 6.69. The molecule has 104 valence electrons. The second-order valence-electron chi connectivity index (χ2n) is 5.36. The fourth-order valence-electron chi connectivity index (χ4n) is 1.93. The number of aryl methyl sites for hydroxylation is 1. The molecule has 19 heavy (non-hydrogen) atoms. The molecule has 1 aromatic carbocycles. The third-order valence-corrected chi connectivity index (χ3v) is 3.33. The van der Waals surface area contributed by atoms with E-state index < -0.39 is 0 Å². The van der Waals surface area contributed by atoms with Gasteiger partial charge < -0.3 is 9.69 Å². The highest BCUT2D eigenvalue weighted by atomic mass is 16.2. The van der Waals surface area contributed by atoms with E-state index in [1.165, 1.54) is 12.5 Å². The summed E-state index contributed by atoms with van der Waals surface area (Å²) in [7, 11) is 1.77. The average Bonchev–Trinajstić information content (AvgIpc) is 2.35. The molecule has 0 heterocycles. The lowest BCUT2D eigenvalue weighted by molar-refractivity contribution is -0.122. The fraction of sp³-hybridized carbons (Fsp3) is 0.500. The Kier molecular flexibility index (Phi) is 5.28. The lowest BCUT2D eigenvalue weighted by Gasteiger charge is -2.21. The molecule has 1 amide bonds. The molecule has 1 aromatic rings. The number of carbonyl (C=O) groups excluding carboxylic acids is 2. The van der Waals surface area contributed by atoms with Gasteiger partial charge in [-0.05, 0) is 37.0 Å². The number of rotatable bonds is 5. The molecular weight excluding hydrogens is 238 g/mol. The van der Waals surface area contributed by atoms with Gasteiger partial charge >= 0.3 is 0 Å². The summed E-state index contributed by atoms with van der Waals surface area (Å²) >= 11 is 0. The first-order chi connectivity index (χ1) is 8.82. The number of anilines is 1. The largest absolute Gasteiger partial charge is 0.315 e. The molecule has 0 spiro atoms. The topological polar surface area (TPSA) is 37.4 Å². The summed E-state index contributed by atoms with van der Waals surface area (Å²) in [5, 5.41) is 0. The van der Waals surface area contributed by atoms with E-state index in [1.807, 2.05) is 13.0 Å². The highest BCUT2D eigenvalue weighted by molar-refractivity contribution is 5.95. The summed E-state index contributed by atoms with van der Waals surface area (Å²) < 4.78 is 0. The van der Waals surface area contributed by atoms with Crippen LogP contribution in [0.1, 0.15) is 50.7 Å². The van der Waals surface area contributed by atoms with E-state index in [-0.39, 0.29) is 18.1 Å². The quantitative estimate of drug-likeness (QED) is 0.814. The van der Waals surface area contributed by atoms with Crippen molar-refractivity contribution >= 4 is 17.4 Å². The second kappa shape index (κ2) is 6.50. The molecule has 0 bridgehead atoms. The Morgan fingerprint density at radius 1 is 1.21 bits per heavy atom. The maximum atomic E-state index is 12.1. The van der Waals surface area contributed by atoms with Crippen LogP contribution in [0.3, 0.4) is 0 Å². The third-order valence-electron chi connectivity index (χ3n) is 3.33. The van der Waals surface area contributed by atoms with Crippen molar-refractivity contribution in [2.45, 2.75) is 46.5 Å². The number of Topliss-reactive ketones (excluding diaryl/α,β-unsaturated/α-hetero) is 1. The Bertz CT molecular complexity index is 478. The zero-order valence-electron chi connectivity index (χ0n) is 12.5. The van der Waals surface area contributed by atoms with Gasteiger partial charge in [-0.1, -0.05) is 26.0 Å². The summed E-state index contributed by atoms with van der Waals surface area (Å²) in [6.07, 6.45) is 0.587. The summed E-state index contributed by atoms with van der Waals surface area (Å²) in [4.78, 5) is 24.7. The van der Waals surface area contributed by atoms with Crippen molar-refractivity contribution in [3.63, 3.8) is 0 Å². The molecule has 1 rings (SSSR count). The van der Waals surface area contributed by atoms with Crippen molar-refractivity contribution in [3.05, 3.63) is 29.3 Å². The standard InChI is InChI=1S/C16H23NO2/c1-11(2)14-8-6-12(3)15(10-14)17(5)16(19)9-7-13(4)18/h6,8,10-11H,7,9H2,1-5H3. The van der Waals surface area contributed by atoms with E-state index in [0.717, 1.165) is 11.3 Å². The maximum Gasteiger partial charge on any atom is 0.227 e. The number of hydrogen-bond donors (Lipinski definition) is 0. The second-order valence-corrected chi connectivity index (χ2v) is 5.36. The number of ketones is 1. The molecule has 0 fully saturated rings. The summed E-state index contributed by atoms with van der Waals surface area (Å²) in [6.45, 7) is 7.77. The first kappa shape index (κ1) is 15.4. The van der Waals surface area contributed by atoms with Crippen molar-refractivity contribution in [1.82, 2.24) is 0 Å². The van der Waals surface area contributed by atoms with Crippen LogP contribution in [0.2, 0.25) is 0 Å². The minimum Gasteiger partial charge on any atom is -0.315 e. The van der Waals surface area contributed by atoms with E-state index in [4.69, 9.17) is 0 Å². The molecule has 0 saturated heterocycles. The zero-order valence-corrected chi connectivity index (χ0v) is 12.5. The number of hydrogen-bond acceptors (Lipinski definition) is 2. The van der Waals surface area contributed by atoms with E-state index in [9.17, 15) is 9.59 Å². The van der Waals surface area contributed by atoms with Crippen molar-refractivity contribution in [1.29, 1.82) is 0 Å². The van der Waals surface area contributed by atoms with Crippen LogP contribution < -0.4 is 4.90 Å². The Labute approximate surface area is 115 Å². The van der Waals surface area contributed by atoms with Gasteiger partial charge in [-0.2, -0.15) is 0 Å². The Morgan fingerprint density at radius 2 is 1.84 bits per heavy atom. The van der Waals surface area contributed by atoms with Crippen LogP contribution in [-0.4, -0.2) is 18.7 Å². The predicted octanol–water partition coefficient (Wildman–Crippen LogP) is 3.45. The Morgan fingerprint density at radius 3 is 2.37 bits per heavy atom. The molecule has 0 radical (unpaired) electrons. The molecule has 0 aliphatic heterocycles. The molecule has 3 heteroatoms. The molecule has 3 nitrogen and oxygen atoms in total. The van der Waals surface area contributed by atoms with E-state index in [2.05, 4.69) is 26.0 Å². The van der Waals surface area contributed by atoms with Gasteiger partial charge in [0.2, 0.25) is 5.91 Å². The van der Waals surface area contributed by atoms with Crippen LogP contribution in [0, 0.1) is 6.92 Å². The molecule has 0 aromatic heterocycles. The number of nitrogens with zero attached hydrogens (tertiary/aromatic N) is 1. The summed E-state index contributed by atoms with van der Waals surface area (Å²) in [5.74, 6) is 0.466. The lowest BCUT2D eigenvalue weighted by atomic mass is 10.00. The first-order valence-electron chi connectivity index (χ1n) is 6.69. The minimum absolute atomic E-state index is 0.0146. The predicted molar refractivity (Wildman–Crippen MR) is 78.6 cm³/mol. The zero-order chi connectivity index (χ0) is 14.6. The van der Waals surface area contributed by atoms with Crippen molar-refractivity contribution in [2.75, 3.05) is 11.9 Å². The molecule has 0 N–H and O–H groups in total. The van der Waals surface area contributed by atoms with Crippen LogP contribution in [0.4, 0.5) is 5.69 Å². The molecular formula is C16H23NO2. The van der Waals surface area contributed by atoms with Gasteiger partial charge in [-0.25, -0.2) is 0 Å². The van der Waals surface area contributed by atoms with Crippen molar-refractivity contribution in [2.24, 2.45) is 0 Å². The van der Waals surface area contributed by atoms with Gasteiger partial charge in [-0.15, -0.1) is 0 Å². The van der Waals surface area contributed by atoms with Crippen LogP contribution >= 0.6 is 0 Å². The Balaban J connectivity index is 2.91. The van der Waals surface area contributed by atoms with Crippen LogP contribution in [-0.2, 0) is 9.59 Å². The van der Waals surface area contributed by atoms with Crippen LogP contribution in [0.15, 0.2) is 18.2 Å². The average molecular weight is 261 g/mol. The monoisotopic (exact) mass is 261 g/mol. The van der Waals surface area contributed by atoms with Gasteiger partial charge in [0.15, 0.2) is 0 Å². The maximum absolute atomic E-state index is 12.1. The highest BCUT2D eigenvalue weighted by Gasteiger charge is 2.14. The van der Waals surface area contributed by atoms with Gasteiger partial charge in [0.05, 0.1) is 0 Å². The smallest absolute Gasteiger partial charge is 0.227 e. The SMILES string of the molecule is CC(=O)CCC(=O)N(C)c1cc(C(C)C)ccc1C. The minimum atomic E-state index is -0.0146. The van der Waals surface area contributed by atoms with E-state index >= 15 is 0 Å². The summed E-state index contributed by atoms with van der Waals surface area (Å²) in [6, 6.07) is 6.20. The molecule has 0 aliphatic carbocycles. The van der Waals surface area contributed by atoms with Gasteiger partial charge in [0, 0.05) is 25.6 Å². The molecule has 0 aliphatic rings. The van der Waals surface area contributed by atoms with Crippen LogP contribution in [0.25, 0.3) is 0 Å². The lowest BCUT2D eigenvalue weighted by Crippen LogP contribution is -2.27. The third kappa shape index (κ3) is 4.19. The Hall–Kier alpha value is -1.64. The number of amides is 1. The number of benzene rings is 1. The van der Waals surface area contributed by atoms with Gasteiger partial charge in [0.25, 0.3) is 0 Å². The van der Waals surface area contributed by atoms with Crippen molar-refractivity contribution < 1.29 is 9.59 Å².